The standard InChI is InChI=1S/C13H18ClN3O/c14-12-8-15-13(7-10(12)9-18)17-5-3-16(4-6-17)11-1-2-11/h7-8,11,18H,1-6,9H2. The van der Waals surface area contributed by atoms with E-state index < -0.39 is 0 Å². The lowest BCUT2D eigenvalue weighted by Gasteiger charge is -2.35. The Bertz CT molecular complexity index is 428. The highest BCUT2D eigenvalue weighted by molar-refractivity contribution is 6.31. The van der Waals surface area contributed by atoms with Gasteiger partial charge >= 0.3 is 0 Å². The van der Waals surface area contributed by atoms with Gasteiger partial charge in [0.05, 0.1) is 11.6 Å². The second kappa shape index (κ2) is 5.03. The summed E-state index contributed by atoms with van der Waals surface area (Å²) in [6, 6.07) is 2.74. The van der Waals surface area contributed by atoms with Crippen LogP contribution < -0.4 is 4.90 Å². The number of nitrogens with zero attached hydrogens (tertiary/aromatic N) is 3. The highest BCUT2D eigenvalue weighted by Crippen LogP contribution is 2.28. The van der Waals surface area contributed by atoms with Gasteiger partial charge in [0.1, 0.15) is 5.82 Å². The van der Waals surface area contributed by atoms with Gasteiger partial charge < -0.3 is 10.0 Å². The van der Waals surface area contributed by atoms with Gasteiger partial charge in [-0.15, -0.1) is 0 Å². The van der Waals surface area contributed by atoms with Crippen LogP contribution in [0.15, 0.2) is 12.3 Å². The molecule has 1 saturated carbocycles. The summed E-state index contributed by atoms with van der Waals surface area (Å²) < 4.78 is 0. The molecule has 0 bridgehead atoms. The van der Waals surface area contributed by atoms with Crippen LogP contribution >= 0.6 is 11.6 Å². The van der Waals surface area contributed by atoms with Gasteiger partial charge in [0.25, 0.3) is 0 Å². The van der Waals surface area contributed by atoms with Crippen LogP contribution in [-0.2, 0) is 6.61 Å². The Morgan fingerprint density at radius 2 is 2.00 bits per heavy atom. The van der Waals surface area contributed by atoms with Crippen LogP contribution in [0.3, 0.4) is 0 Å². The monoisotopic (exact) mass is 267 g/mol. The van der Waals surface area contributed by atoms with Gasteiger partial charge in [0, 0.05) is 44.0 Å². The maximum absolute atomic E-state index is 9.23. The first kappa shape index (κ1) is 12.2. The van der Waals surface area contributed by atoms with Gasteiger partial charge in [0.2, 0.25) is 0 Å². The number of piperazine rings is 1. The zero-order chi connectivity index (χ0) is 12.5. The van der Waals surface area contributed by atoms with Gasteiger partial charge in [0.15, 0.2) is 0 Å². The van der Waals surface area contributed by atoms with Crippen LogP contribution in [0.2, 0.25) is 5.02 Å². The van der Waals surface area contributed by atoms with E-state index in [0.717, 1.165) is 43.6 Å². The van der Waals surface area contributed by atoms with E-state index in [9.17, 15) is 5.11 Å². The van der Waals surface area contributed by atoms with Gasteiger partial charge in [-0.05, 0) is 18.9 Å². The number of hydrogen-bond donors (Lipinski definition) is 1. The lowest BCUT2D eigenvalue weighted by Crippen LogP contribution is -2.47. The Hall–Kier alpha value is -0.840. The molecule has 0 unspecified atom stereocenters. The van der Waals surface area contributed by atoms with Gasteiger partial charge in [-0.2, -0.15) is 0 Å². The lowest BCUT2D eigenvalue weighted by atomic mass is 10.2. The number of aliphatic hydroxyl groups is 1. The molecule has 1 aromatic rings. The third-order valence-corrected chi connectivity index (χ3v) is 4.13. The van der Waals surface area contributed by atoms with Gasteiger partial charge in [-0.3, -0.25) is 4.90 Å². The number of anilines is 1. The number of rotatable bonds is 3. The number of aromatic nitrogens is 1. The first-order chi connectivity index (χ1) is 8.78. The molecule has 18 heavy (non-hydrogen) atoms. The third-order valence-electron chi connectivity index (χ3n) is 3.79. The Morgan fingerprint density at radius 1 is 1.28 bits per heavy atom. The SMILES string of the molecule is OCc1cc(N2CCN(C3CC3)CC2)ncc1Cl. The number of hydrogen-bond acceptors (Lipinski definition) is 4. The van der Waals surface area contributed by atoms with Crippen molar-refractivity contribution in [3.05, 3.63) is 22.8 Å². The molecule has 1 aliphatic heterocycles. The van der Waals surface area contributed by atoms with Crippen molar-refractivity contribution >= 4 is 17.4 Å². The van der Waals surface area contributed by atoms with Crippen molar-refractivity contribution in [3.8, 4) is 0 Å². The van der Waals surface area contributed by atoms with E-state index in [-0.39, 0.29) is 6.61 Å². The van der Waals surface area contributed by atoms with Crippen molar-refractivity contribution in [2.75, 3.05) is 31.1 Å². The maximum atomic E-state index is 9.23. The highest BCUT2D eigenvalue weighted by atomic mass is 35.5. The van der Waals surface area contributed by atoms with Crippen LogP contribution in [0, 0.1) is 0 Å². The Labute approximate surface area is 112 Å². The molecule has 1 N–H and O–H groups in total. The summed E-state index contributed by atoms with van der Waals surface area (Å²) >= 11 is 5.96. The van der Waals surface area contributed by atoms with Crippen molar-refractivity contribution < 1.29 is 5.11 Å². The predicted octanol–water partition coefficient (Wildman–Crippen LogP) is 1.51. The fourth-order valence-electron chi connectivity index (χ4n) is 2.52. The minimum absolute atomic E-state index is 0.0314. The second-order valence-corrected chi connectivity index (χ2v) is 5.45. The van der Waals surface area contributed by atoms with E-state index >= 15 is 0 Å². The topological polar surface area (TPSA) is 39.6 Å². The largest absolute Gasteiger partial charge is 0.392 e. The van der Waals surface area contributed by atoms with E-state index in [2.05, 4.69) is 14.8 Å². The quantitative estimate of drug-likeness (QED) is 0.901. The first-order valence-corrected chi connectivity index (χ1v) is 6.90. The molecule has 0 aromatic carbocycles. The Balaban J connectivity index is 1.67. The average Bonchev–Trinajstić information content (AvgIpc) is 3.24. The van der Waals surface area contributed by atoms with Gasteiger partial charge in [-0.1, -0.05) is 11.6 Å². The number of halogens is 1. The molecular weight excluding hydrogens is 250 g/mol. The molecule has 0 spiro atoms. The fourth-order valence-corrected chi connectivity index (χ4v) is 2.68. The smallest absolute Gasteiger partial charge is 0.129 e. The molecule has 98 valence electrons. The van der Waals surface area contributed by atoms with Crippen LogP contribution in [0.5, 0.6) is 0 Å². The molecule has 5 heteroatoms. The van der Waals surface area contributed by atoms with Crippen molar-refractivity contribution in [3.63, 3.8) is 0 Å². The van der Waals surface area contributed by atoms with Crippen LogP contribution in [0.1, 0.15) is 18.4 Å². The molecular formula is C13H18ClN3O. The minimum Gasteiger partial charge on any atom is -0.392 e. The van der Waals surface area contributed by atoms with Gasteiger partial charge in [-0.25, -0.2) is 4.98 Å². The molecule has 2 heterocycles. The minimum atomic E-state index is -0.0314. The zero-order valence-electron chi connectivity index (χ0n) is 10.3. The summed E-state index contributed by atoms with van der Waals surface area (Å²) in [6.07, 6.45) is 4.37. The Morgan fingerprint density at radius 3 is 2.61 bits per heavy atom. The number of aliphatic hydroxyl groups excluding tert-OH is 1. The molecule has 1 aliphatic carbocycles. The molecule has 2 fully saturated rings. The van der Waals surface area contributed by atoms with E-state index in [0.29, 0.717) is 5.02 Å². The Kier molecular flexibility index (Phi) is 3.41. The first-order valence-electron chi connectivity index (χ1n) is 6.52. The summed E-state index contributed by atoms with van der Waals surface area (Å²) in [5.74, 6) is 0.930. The fraction of sp³-hybridized carbons (Fsp3) is 0.615. The molecule has 4 nitrogen and oxygen atoms in total. The van der Waals surface area contributed by atoms with Crippen molar-refractivity contribution in [1.29, 1.82) is 0 Å². The van der Waals surface area contributed by atoms with Crippen molar-refractivity contribution in [1.82, 2.24) is 9.88 Å². The van der Waals surface area contributed by atoms with Crippen molar-refractivity contribution in [2.24, 2.45) is 0 Å². The molecule has 3 rings (SSSR count). The van der Waals surface area contributed by atoms with Crippen LogP contribution in [-0.4, -0.2) is 47.2 Å². The molecule has 0 amide bonds. The van der Waals surface area contributed by atoms with E-state index in [4.69, 9.17) is 11.6 Å². The summed E-state index contributed by atoms with van der Waals surface area (Å²) in [5, 5.41) is 9.77. The predicted molar refractivity (Wildman–Crippen MR) is 72.0 cm³/mol. The molecule has 2 aliphatic rings. The summed E-state index contributed by atoms with van der Waals surface area (Å²) in [6.45, 7) is 4.22. The lowest BCUT2D eigenvalue weighted by molar-refractivity contribution is 0.247. The molecule has 1 saturated heterocycles. The molecule has 0 atom stereocenters. The van der Waals surface area contributed by atoms with Crippen LogP contribution in [0.25, 0.3) is 0 Å². The normalized spacial score (nSPS) is 21.3. The average molecular weight is 268 g/mol. The van der Waals surface area contributed by atoms with Crippen LogP contribution in [0.4, 0.5) is 5.82 Å². The van der Waals surface area contributed by atoms with E-state index in [1.165, 1.54) is 12.8 Å². The van der Waals surface area contributed by atoms with Crippen molar-refractivity contribution in [2.45, 2.75) is 25.5 Å². The summed E-state index contributed by atoms with van der Waals surface area (Å²) in [4.78, 5) is 9.20. The third kappa shape index (κ3) is 2.46. The highest BCUT2D eigenvalue weighted by Gasteiger charge is 2.31. The maximum Gasteiger partial charge on any atom is 0.129 e. The zero-order valence-corrected chi connectivity index (χ0v) is 11.1. The number of pyridine rings is 1. The van der Waals surface area contributed by atoms with E-state index in [1.54, 1.807) is 6.20 Å². The van der Waals surface area contributed by atoms with E-state index in [1.807, 2.05) is 6.07 Å². The molecule has 0 radical (unpaired) electrons. The molecule has 1 aromatic heterocycles. The summed E-state index contributed by atoms with van der Waals surface area (Å²) in [5.41, 5.74) is 0.756. The second-order valence-electron chi connectivity index (χ2n) is 5.05. The summed E-state index contributed by atoms with van der Waals surface area (Å²) in [7, 11) is 0.